The van der Waals surface area contributed by atoms with Crippen LogP contribution < -0.4 is 10.6 Å². The van der Waals surface area contributed by atoms with Gasteiger partial charge in [0.15, 0.2) is 10.3 Å². The van der Waals surface area contributed by atoms with E-state index in [1.807, 2.05) is 43.5 Å². The van der Waals surface area contributed by atoms with Crippen LogP contribution in [0.25, 0.3) is 0 Å². The summed E-state index contributed by atoms with van der Waals surface area (Å²) >= 11 is 2.67. The van der Waals surface area contributed by atoms with Gasteiger partial charge in [-0.2, -0.15) is 0 Å². The summed E-state index contributed by atoms with van der Waals surface area (Å²) in [7, 11) is 1.79. The van der Waals surface area contributed by atoms with Gasteiger partial charge < -0.3 is 15.2 Å². The number of thioether (sulfide) groups is 1. The van der Waals surface area contributed by atoms with Gasteiger partial charge in [-0.05, 0) is 32.4 Å². The van der Waals surface area contributed by atoms with Gasteiger partial charge >= 0.3 is 0 Å². The van der Waals surface area contributed by atoms with Crippen LogP contribution in [0.4, 0.5) is 10.8 Å². The van der Waals surface area contributed by atoms with Crippen molar-refractivity contribution in [3.63, 3.8) is 0 Å². The summed E-state index contributed by atoms with van der Waals surface area (Å²) in [5.41, 5.74) is 2.63. The number of benzene rings is 1. The first-order valence-corrected chi connectivity index (χ1v) is 10.7. The third-order valence-electron chi connectivity index (χ3n) is 4.16. The molecule has 0 unspecified atom stereocenters. The maximum Gasteiger partial charge on any atom is 0.239 e. The number of anilines is 2. The van der Waals surface area contributed by atoms with E-state index in [-0.39, 0.29) is 18.2 Å². The Balaban J connectivity index is 1.59. The summed E-state index contributed by atoms with van der Waals surface area (Å²) in [6, 6.07) is 7.59. The van der Waals surface area contributed by atoms with Gasteiger partial charge in [0.1, 0.15) is 5.82 Å². The van der Waals surface area contributed by atoms with Gasteiger partial charge in [-0.25, -0.2) is 4.98 Å². The van der Waals surface area contributed by atoms with E-state index in [2.05, 4.69) is 25.8 Å². The molecular weight excluding hydrogens is 408 g/mol. The highest BCUT2D eigenvalue weighted by molar-refractivity contribution is 8.00. The van der Waals surface area contributed by atoms with Gasteiger partial charge in [0, 0.05) is 18.1 Å². The average Bonchev–Trinajstić information content (AvgIpc) is 3.23. The Hall–Kier alpha value is -2.72. The Bertz CT molecular complexity index is 1030. The van der Waals surface area contributed by atoms with Crippen molar-refractivity contribution in [1.29, 1.82) is 0 Å². The number of carbonyl (C=O) groups is 2. The smallest absolute Gasteiger partial charge is 0.239 e. The molecule has 0 saturated heterocycles. The Kier molecular flexibility index (Phi) is 6.65. The second-order valence-electron chi connectivity index (χ2n) is 6.54. The summed E-state index contributed by atoms with van der Waals surface area (Å²) in [5, 5.41) is 16.6. The van der Waals surface area contributed by atoms with E-state index in [0.717, 1.165) is 16.9 Å². The number of nitrogens with one attached hydrogen (secondary N) is 2. The molecule has 0 spiro atoms. The van der Waals surface area contributed by atoms with Crippen molar-refractivity contribution in [2.24, 2.45) is 7.05 Å². The maximum absolute atomic E-state index is 12.4. The lowest BCUT2D eigenvalue weighted by Gasteiger charge is -2.10. The van der Waals surface area contributed by atoms with E-state index in [1.54, 1.807) is 18.5 Å². The molecule has 0 bridgehead atoms. The van der Waals surface area contributed by atoms with Crippen LogP contribution >= 0.6 is 23.1 Å². The number of carbonyl (C=O) groups excluding carboxylic acids is 2. The van der Waals surface area contributed by atoms with Crippen molar-refractivity contribution in [1.82, 2.24) is 19.7 Å². The normalized spacial score (nSPS) is 11.9. The summed E-state index contributed by atoms with van der Waals surface area (Å²) < 4.78 is 1.74. The van der Waals surface area contributed by atoms with Gasteiger partial charge in [-0.15, -0.1) is 21.5 Å². The van der Waals surface area contributed by atoms with Crippen LogP contribution in [0.3, 0.4) is 0 Å². The molecule has 3 rings (SSSR count). The SMILES string of the molecule is Cc1csc(NC(=O)[C@H](C)Sc2nnc(CC(=O)Nc3ccccc3C)n2C)n1. The van der Waals surface area contributed by atoms with E-state index < -0.39 is 5.25 Å². The number of para-hydroxylation sites is 1. The minimum absolute atomic E-state index is 0.0946. The van der Waals surface area contributed by atoms with Crippen LogP contribution in [-0.2, 0) is 23.1 Å². The highest BCUT2D eigenvalue weighted by Gasteiger charge is 2.20. The zero-order valence-electron chi connectivity index (χ0n) is 16.6. The Labute approximate surface area is 177 Å². The van der Waals surface area contributed by atoms with Gasteiger partial charge in [0.25, 0.3) is 0 Å². The fourth-order valence-electron chi connectivity index (χ4n) is 2.48. The van der Waals surface area contributed by atoms with Crippen LogP contribution in [0, 0.1) is 13.8 Å². The standard InChI is InChI=1S/C19H22N6O2S2/c1-11-7-5-6-8-14(11)21-16(26)9-15-23-24-19(25(15)4)29-13(3)17(27)22-18-20-12(2)10-28-18/h5-8,10,13H,9H2,1-4H3,(H,21,26)(H,20,22,27)/t13-/m0/s1. The van der Waals surface area contributed by atoms with Crippen LogP contribution in [0.15, 0.2) is 34.8 Å². The molecule has 2 heterocycles. The fourth-order valence-corrected chi connectivity index (χ4v) is 4.01. The highest BCUT2D eigenvalue weighted by atomic mass is 32.2. The minimum Gasteiger partial charge on any atom is -0.325 e. The minimum atomic E-state index is -0.393. The first kappa shape index (κ1) is 21.0. The molecular formula is C19H22N6O2S2. The lowest BCUT2D eigenvalue weighted by atomic mass is 10.2. The highest BCUT2D eigenvalue weighted by Crippen LogP contribution is 2.24. The number of amides is 2. The summed E-state index contributed by atoms with van der Waals surface area (Å²) in [5.74, 6) is 0.198. The number of aryl methyl sites for hydroxylation is 2. The van der Waals surface area contributed by atoms with Crippen molar-refractivity contribution in [3.05, 3.63) is 46.7 Å². The number of aromatic nitrogens is 4. The van der Waals surface area contributed by atoms with Crippen LogP contribution in [0.2, 0.25) is 0 Å². The van der Waals surface area contributed by atoms with Gasteiger partial charge in [-0.1, -0.05) is 30.0 Å². The van der Waals surface area contributed by atoms with E-state index in [1.165, 1.54) is 23.1 Å². The second-order valence-corrected chi connectivity index (χ2v) is 8.71. The van der Waals surface area contributed by atoms with Gasteiger partial charge in [-0.3, -0.25) is 9.59 Å². The summed E-state index contributed by atoms with van der Waals surface area (Å²) in [6.45, 7) is 5.60. The average molecular weight is 431 g/mol. The Morgan fingerprint density at radius 1 is 1.21 bits per heavy atom. The number of hydrogen-bond acceptors (Lipinski definition) is 7. The Morgan fingerprint density at radius 3 is 2.66 bits per heavy atom. The fraction of sp³-hybridized carbons (Fsp3) is 0.316. The molecule has 3 aromatic rings. The van der Waals surface area contributed by atoms with Crippen LogP contribution in [0.1, 0.15) is 24.0 Å². The molecule has 29 heavy (non-hydrogen) atoms. The molecule has 0 radical (unpaired) electrons. The molecule has 0 aliphatic heterocycles. The zero-order chi connectivity index (χ0) is 21.0. The largest absolute Gasteiger partial charge is 0.325 e. The molecule has 1 aromatic carbocycles. The molecule has 0 aliphatic rings. The van der Waals surface area contributed by atoms with E-state index in [9.17, 15) is 9.59 Å². The quantitative estimate of drug-likeness (QED) is 0.558. The van der Waals surface area contributed by atoms with Gasteiger partial charge in [0.2, 0.25) is 11.8 Å². The van der Waals surface area contributed by atoms with E-state index in [0.29, 0.717) is 16.1 Å². The van der Waals surface area contributed by atoms with E-state index >= 15 is 0 Å². The maximum atomic E-state index is 12.4. The number of thiazole rings is 1. The van der Waals surface area contributed by atoms with Crippen LogP contribution in [-0.4, -0.2) is 36.8 Å². The second kappa shape index (κ2) is 9.19. The molecule has 2 N–H and O–H groups in total. The monoisotopic (exact) mass is 430 g/mol. The molecule has 0 aliphatic carbocycles. The van der Waals surface area contributed by atoms with E-state index in [4.69, 9.17) is 0 Å². The third-order valence-corrected chi connectivity index (χ3v) is 6.17. The zero-order valence-corrected chi connectivity index (χ0v) is 18.2. The van der Waals surface area contributed by atoms with Crippen molar-refractivity contribution >= 4 is 45.7 Å². The van der Waals surface area contributed by atoms with Crippen LogP contribution in [0.5, 0.6) is 0 Å². The summed E-state index contributed by atoms with van der Waals surface area (Å²) in [4.78, 5) is 29.0. The molecule has 10 heteroatoms. The molecule has 1 atom stereocenters. The molecule has 2 amide bonds. The van der Waals surface area contributed by atoms with Crippen molar-refractivity contribution < 1.29 is 9.59 Å². The molecule has 8 nitrogen and oxygen atoms in total. The molecule has 0 fully saturated rings. The predicted molar refractivity (Wildman–Crippen MR) is 115 cm³/mol. The molecule has 152 valence electrons. The van der Waals surface area contributed by atoms with Crippen molar-refractivity contribution in [2.75, 3.05) is 10.6 Å². The number of nitrogens with zero attached hydrogens (tertiary/aromatic N) is 4. The third kappa shape index (κ3) is 5.42. The molecule has 2 aromatic heterocycles. The predicted octanol–water partition coefficient (Wildman–Crippen LogP) is 3.19. The first-order chi connectivity index (χ1) is 13.8. The number of rotatable bonds is 7. The summed E-state index contributed by atoms with van der Waals surface area (Å²) in [6.07, 6.45) is 0.0946. The first-order valence-electron chi connectivity index (χ1n) is 8.97. The van der Waals surface area contributed by atoms with Crippen molar-refractivity contribution in [2.45, 2.75) is 37.6 Å². The lowest BCUT2D eigenvalue weighted by Crippen LogP contribution is -2.23. The van der Waals surface area contributed by atoms with Crippen molar-refractivity contribution in [3.8, 4) is 0 Å². The Morgan fingerprint density at radius 2 is 1.97 bits per heavy atom. The molecule has 0 saturated carbocycles. The van der Waals surface area contributed by atoms with Gasteiger partial charge in [0.05, 0.1) is 17.4 Å². The lowest BCUT2D eigenvalue weighted by molar-refractivity contribution is -0.116. The number of hydrogen-bond donors (Lipinski definition) is 2. The topological polar surface area (TPSA) is 102 Å².